The Morgan fingerprint density at radius 3 is 2.30 bits per heavy atom. The zero-order valence-electron chi connectivity index (χ0n) is 15.8. The number of hydrogen-bond acceptors (Lipinski definition) is 3. The summed E-state index contributed by atoms with van der Waals surface area (Å²) in [4.78, 5) is 30.3. The number of hydrogen-bond donors (Lipinski definition) is 1. The number of benzene rings is 3. The maximum absolute atomic E-state index is 13.0. The number of para-hydroxylation sites is 2. The van der Waals surface area contributed by atoms with Gasteiger partial charge in [-0.3, -0.25) is 14.6 Å². The Kier molecular flexibility index (Phi) is 4.45. The Balaban J connectivity index is 1.60. The molecular formula is C24H16ClN3O2. The van der Waals surface area contributed by atoms with E-state index in [2.05, 4.69) is 10.3 Å². The highest BCUT2D eigenvalue weighted by Crippen LogP contribution is 2.26. The van der Waals surface area contributed by atoms with Crippen molar-refractivity contribution in [2.45, 2.75) is 6.54 Å². The van der Waals surface area contributed by atoms with E-state index in [1.54, 1.807) is 24.4 Å². The summed E-state index contributed by atoms with van der Waals surface area (Å²) >= 11 is 6.22. The SMILES string of the molecule is O=C(Cn1c2ccccc2c(=O)c2ccccc21)Nc1cc(Cl)cc2cccnc12. The second-order valence-corrected chi connectivity index (χ2v) is 7.46. The summed E-state index contributed by atoms with van der Waals surface area (Å²) in [5.41, 5.74) is 2.61. The van der Waals surface area contributed by atoms with Crippen LogP contribution < -0.4 is 10.7 Å². The van der Waals surface area contributed by atoms with Gasteiger partial charge in [0.05, 0.1) is 22.2 Å². The Labute approximate surface area is 176 Å². The van der Waals surface area contributed by atoms with Gasteiger partial charge in [-0.15, -0.1) is 0 Å². The fourth-order valence-corrected chi connectivity index (χ4v) is 4.06. The quantitative estimate of drug-likeness (QED) is 0.423. The van der Waals surface area contributed by atoms with Crippen molar-refractivity contribution in [3.63, 3.8) is 0 Å². The highest BCUT2D eigenvalue weighted by Gasteiger charge is 2.14. The largest absolute Gasteiger partial charge is 0.331 e. The van der Waals surface area contributed by atoms with Crippen LogP contribution >= 0.6 is 11.6 Å². The van der Waals surface area contributed by atoms with E-state index in [1.807, 2.05) is 59.2 Å². The van der Waals surface area contributed by atoms with Crippen LogP contribution in [0.15, 0.2) is 83.8 Å². The molecule has 0 unspecified atom stereocenters. The van der Waals surface area contributed by atoms with Gasteiger partial charge in [0.15, 0.2) is 5.43 Å². The maximum atomic E-state index is 13.0. The fraction of sp³-hybridized carbons (Fsp3) is 0.0417. The van der Waals surface area contributed by atoms with Gasteiger partial charge >= 0.3 is 0 Å². The van der Waals surface area contributed by atoms with Crippen LogP contribution in [0.4, 0.5) is 5.69 Å². The third kappa shape index (κ3) is 3.09. The smallest absolute Gasteiger partial charge is 0.244 e. The molecule has 6 heteroatoms. The van der Waals surface area contributed by atoms with Crippen LogP contribution in [0, 0.1) is 0 Å². The van der Waals surface area contributed by atoms with Gasteiger partial charge in [-0.2, -0.15) is 0 Å². The minimum atomic E-state index is -0.233. The number of amides is 1. The Bertz CT molecular complexity index is 1450. The van der Waals surface area contributed by atoms with E-state index in [-0.39, 0.29) is 17.9 Å². The Morgan fingerprint density at radius 2 is 1.60 bits per heavy atom. The first kappa shape index (κ1) is 18.3. The van der Waals surface area contributed by atoms with Gasteiger partial charge in [-0.25, -0.2) is 0 Å². The van der Waals surface area contributed by atoms with Crippen LogP contribution in [0.3, 0.4) is 0 Å². The summed E-state index contributed by atoms with van der Waals surface area (Å²) in [6, 6.07) is 21.9. The average molecular weight is 414 g/mol. The molecular weight excluding hydrogens is 398 g/mol. The lowest BCUT2D eigenvalue weighted by Gasteiger charge is -2.15. The minimum Gasteiger partial charge on any atom is -0.331 e. The highest BCUT2D eigenvalue weighted by molar-refractivity contribution is 6.32. The molecule has 0 saturated heterocycles. The van der Waals surface area contributed by atoms with Crippen LogP contribution in [0.2, 0.25) is 5.02 Å². The first-order chi connectivity index (χ1) is 14.6. The van der Waals surface area contributed by atoms with Gasteiger partial charge in [-0.05, 0) is 42.5 Å². The molecule has 146 valence electrons. The first-order valence-corrected chi connectivity index (χ1v) is 9.84. The van der Waals surface area contributed by atoms with Crippen molar-refractivity contribution in [1.29, 1.82) is 0 Å². The molecule has 2 heterocycles. The molecule has 0 aliphatic carbocycles. The van der Waals surface area contributed by atoms with Crippen LogP contribution in [-0.4, -0.2) is 15.5 Å². The van der Waals surface area contributed by atoms with Crippen molar-refractivity contribution in [2.24, 2.45) is 0 Å². The predicted molar refractivity (Wildman–Crippen MR) is 121 cm³/mol. The molecule has 1 N–H and O–H groups in total. The minimum absolute atomic E-state index is 0.0390. The molecule has 2 aromatic heterocycles. The monoisotopic (exact) mass is 413 g/mol. The molecule has 0 bridgehead atoms. The van der Waals surface area contributed by atoms with Crippen LogP contribution in [-0.2, 0) is 11.3 Å². The lowest BCUT2D eigenvalue weighted by atomic mass is 10.1. The van der Waals surface area contributed by atoms with E-state index in [4.69, 9.17) is 11.6 Å². The van der Waals surface area contributed by atoms with E-state index >= 15 is 0 Å². The number of nitrogens with one attached hydrogen (secondary N) is 1. The molecule has 0 aliphatic heterocycles. The number of rotatable bonds is 3. The van der Waals surface area contributed by atoms with E-state index in [9.17, 15) is 9.59 Å². The van der Waals surface area contributed by atoms with E-state index in [0.29, 0.717) is 38.0 Å². The Hall–Kier alpha value is -3.70. The molecule has 0 saturated carbocycles. The second kappa shape index (κ2) is 7.28. The molecule has 5 nitrogen and oxygen atoms in total. The standard InChI is InChI=1S/C24H16ClN3O2/c25-16-12-15-6-5-11-26-23(15)19(13-16)27-22(29)14-28-20-9-3-1-7-17(20)24(30)18-8-2-4-10-21(18)28/h1-13H,14H2,(H,27,29). The molecule has 0 spiro atoms. The van der Waals surface area contributed by atoms with Gasteiger partial charge in [0.25, 0.3) is 0 Å². The van der Waals surface area contributed by atoms with Crippen molar-refractivity contribution in [3.8, 4) is 0 Å². The van der Waals surface area contributed by atoms with Crippen molar-refractivity contribution in [2.75, 3.05) is 5.32 Å². The lowest BCUT2D eigenvalue weighted by molar-refractivity contribution is -0.116. The normalized spacial score (nSPS) is 11.2. The fourth-order valence-electron chi connectivity index (χ4n) is 3.83. The average Bonchev–Trinajstić information content (AvgIpc) is 2.76. The van der Waals surface area contributed by atoms with Crippen LogP contribution in [0.5, 0.6) is 0 Å². The number of aromatic nitrogens is 2. The lowest BCUT2D eigenvalue weighted by Crippen LogP contribution is -2.21. The Morgan fingerprint density at radius 1 is 0.933 bits per heavy atom. The molecule has 5 rings (SSSR count). The molecule has 0 radical (unpaired) electrons. The van der Waals surface area contributed by atoms with E-state index in [1.165, 1.54) is 0 Å². The molecule has 0 fully saturated rings. The molecule has 3 aromatic carbocycles. The topological polar surface area (TPSA) is 64.0 Å². The number of carbonyl (C=O) groups excluding carboxylic acids is 1. The molecule has 1 amide bonds. The summed E-state index contributed by atoms with van der Waals surface area (Å²) < 4.78 is 1.86. The van der Waals surface area contributed by atoms with Gasteiger partial charge in [-0.1, -0.05) is 41.9 Å². The zero-order chi connectivity index (χ0) is 20.7. The number of anilines is 1. The van der Waals surface area contributed by atoms with Crippen molar-refractivity contribution in [3.05, 3.63) is 94.2 Å². The van der Waals surface area contributed by atoms with Crippen molar-refractivity contribution < 1.29 is 4.79 Å². The van der Waals surface area contributed by atoms with Gasteiger partial charge < -0.3 is 9.88 Å². The van der Waals surface area contributed by atoms with Crippen LogP contribution in [0.1, 0.15) is 0 Å². The molecule has 0 atom stereocenters. The second-order valence-electron chi connectivity index (χ2n) is 7.03. The summed E-state index contributed by atoms with van der Waals surface area (Å²) in [5, 5.41) is 5.46. The van der Waals surface area contributed by atoms with E-state index < -0.39 is 0 Å². The number of carbonyl (C=O) groups is 1. The van der Waals surface area contributed by atoms with Gasteiger partial charge in [0, 0.05) is 27.4 Å². The number of halogens is 1. The number of nitrogens with zero attached hydrogens (tertiary/aromatic N) is 2. The summed E-state index contributed by atoms with van der Waals surface area (Å²) in [6.07, 6.45) is 1.68. The number of pyridine rings is 2. The predicted octanol–water partition coefficient (Wildman–Crippen LogP) is 5.00. The maximum Gasteiger partial charge on any atom is 0.244 e. The third-order valence-electron chi connectivity index (χ3n) is 5.12. The highest BCUT2D eigenvalue weighted by atomic mass is 35.5. The van der Waals surface area contributed by atoms with Gasteiger partial charge in [0.2, 0.25) is 5.91 Å². The van der Waals surface area contributed by atoms with Crippen molar-refractivity contribution >= 4 is 55.9 Å². The zero-order valence-corrected chi connectivity index (χ0v) is 16.6. The third-order valence-corrected chi connectivity index (χ3v) is 5.34. The molecule has 30 heavy (non-hydrogen) atoms. The summed E-state index contributed by atoms with van der Waals surface area (Å²) in [7, 11) is 0. The summed E-state index contributed by atoms with van der Waals surface area (Å²) in [5.74, 6) is -0.233. The summed E-state index contributed by atoms with van der Waals surface area (Å²) in [6.45, 7) is 0.0438. The van der Waals surface area contributed by atoms with Crippen LogP contribution in [0.25, 0.3) is 32.7 Å². The number of fused-ring (bicyclic) bond motifs is 3. The first-order valence-electron chi connectivity index (χ1n) is 9.46. The van der Waals surface area contributed by atoms with Crippen molar-refractivity contribution in [1.82, 2.24) is 9.55 Å². The van der Waals surface area contributed by atoms with Gasteiger partial charge in [0.1, 0.15) is 6.54 Å². The molecule has 0 aliphatic rings. The van der Waals surface area contributed by atoms with E-state index in [0.717, 1.165) is 5.39 Å². The molecule has 5 aromatic rings.